The van der Waals surface area contributed by atoms with E-state index in [1.165, 1.54) is 12.7 Å². The van der Waals surface area contributed by atoms with E-state index in [9.17, 15) is 4.79 Å². The number of methoxy groups -OCH3 is 1. The third kappa shape index (κ3) is 3.54. The first-order chi connectivity index (χ1) is 9.58. The van der Waals surface area contributed by atoms with Gasteiger partial charge in [-0.2, -0.15) is 4.98 Å². The maximum Gasteiger partial charge on any atom is 0.343 e. The Morgan fingerprint density at radius 3 is 2.50 bits per heavy atom. The molecule has 0 radical (unpaired) electrons. The largest absolute Gasteiger partial charge is 0.466 e. The summed E-state index contributed by atoms with van der Waals surface area (Å²) in [5.74, 6) is 0.487. The molecule has 1 aromatic heterocycles. The fourth-order valence-corrected chi connectivity index (χ4v) is 1.64. The molecule has 0 bridgehead atoms. The first kappa shape index (κ1) is 14.0. The van der Waals surface area contributed by atoms with E-state index in [1.54, 1.807) is 6.07 Å². The second-order valence-corrected chi connectivity index (χ2v) is 4.40. The second-order valence-electron chi connectivity index (χ2n) is 4.40. The lowest BCUT2D eigenvalue weighted by Gasteiger charge is -2.07. The third-order valence-electron chi connectivity index (χ3n) is 2.71. The van der Waals surface area contributed by atoms with Crippen LogP contribution in [0.2, 0.25) is 0 Å². The summed E-state index contributed by atoms with van der Waals surface area (Å²) in [5.41, 5.74) is 2.85. The molecule has 1 heterocycles. The van der Waals surface area contributed by atoms with E-state index >= 15 is 0 Å². The molecule has 0 amide bonds. The van der Waals surface area contributed by atoms with Gasteiger partial charge in [-0.15, -0.1) is 0 Å². The van der Waals surface area contributed by atoms with Gasteiger partial charge >= 0.3 is 5.97 Å². The van der Waals surface area contributed by atoms with Crippen molar-refractivity contribution in [2.75, 3.05) is 13.7 Å². The maximum absolute atomic E-state index is 11.1. The number of hydrogen-bond acceptors (Lipinski definition) is 5. The van der Waals surface area contributed by atoms with Gasteiger partial charge < -0.3 is 9.47 Å². The zero-order valence-electron chi connectivity index (χ0n) is 11.7. The molecule has 0 spiro atoms. The van der Waals surface area contributed by atoms with Crippen molar-refractivity contribution in [1.29, 1.82) is 0 Å². The van der Waals surface area contributed by atoms with Gasteiger partial charge in [0.15, 0.2) is 12.4 Å². The quantitative estimate of drug-likeness (QED) is 0.799. The average molecular weight is 272 g/mol. The molecule has 2 rings (SSSR count). The zero-order valence-corrected chi connectivity index (χ0v) is 11.7. The molecule has 0 N–H and O–H groups in total. The van der Waals surface area contributed by atoms with Crippen molar-refractivity contribution in [3.05, 3.63) is 41.6 Å². The standard InChI is InChI=1S/C15H16N2O3/c1-10-4-6-12(7-5-10)15-16-11(2)8-13(17-15)20-9-14(18)19-3/h4-8H,9H2,1-3H3. The molecule has 0 saturated carbocycles. The van der Waals surface area contributed by atoms with Crippen LogP contribution < -0.4 is 4.74 Å². The SMILES string of the molecule is COC(=O)COc1cc(C)nc(-c2ccc(C)cc2)n1. The summed E-state index contributed by atoms with van der Waals surface area (Å²) in [6.45, 7) is 3.70. The highest BCUT2D eigenvalue weighted by Crippen LogP contribution is 2.19. The van der Waals surface area contributed by atoms with Gasteiger partial charge in [0.25, 0.3) is 0 Å². The molecule has 0 saturated heterocycles. The molecule has 0 unspecified atom stereocenters. The highest BCUT2D eigenvalue weighted by molar-refractivity contribution is 5.70. The molecule has 0 atom stereocenters. The number of aryl methyl sites for hydroxylation is 2. The van der Waals surface area contributed by atoms with Crippen LogP contribution in [0.4, 0.5) is 0 Å². The molecule has 0 fully saturated rings. The molecule has 2 aromatic rings. The number of carbonyl (C=O) groups excluding carboxylic acids is 1. The van der Waals surface area contributed by atoms with Crippen molar-refractivity contribution in [2.24, 2.45) is 0 Å². The Hall–Kier alpha value is -2.43. The minimum Gasteiger partial charge on any atom is -0.466 e. The highest BCUT2D eigenvalue weighted by atomic mass is 16.6. The number of nitrogens with zero attached hydrogens (tertiary/aromatic N) is 2. The van der Waals surface area contributed by atoms with Crippen LogP contribution in [0, 0.1) is 13.8 Å². The summed E-state index contributed by atoms with van der Waals surface area (Å²) >= 11 is 0. The number of rotatable bonds is 4. The van der Waals surface area contributed by atoms with Crippen molar-refractivity contribution in [1.82, 2.24) is 9.97 Å². The van der Waals surface area contributed by atoms with Gasteiger partial charge in [-0.25, -0.2) is 9.78 Å². The Bertz CT molecular complexity index is 609. The topological polar surface area (TPSA) is 61.3 Å². The van der Waals surface area contributed by atoms with E-state index in [0.717, 1.165) is 11.3 Å². The smallest absolute Gasteiger partial charge is 0.343 e. The van der Waals surface area contributed by atoms with E-state index in [2.05, 4.69) is 14.7 Å². The van der Waals surface area contributed by atoms with E-state index in [0.29, 0.717) is 11.7 Å². The number of aromatic nitrogens is 2. The Morgan fingerprint density at radius 1 is 1.15 bits per heavy atom. The molecule has 0 aliphatic heterocycles. The van der Waals surface area contributed by atoms with Crippen molar-refractivity contribution >= 4 is 5.97 Å². The van der Waals surface area contributed by atoms with Crippen LogP contribution in [0.25, 0.3) is 11.4 Å². The molecule has 20 heavy (non-hydrogen) atoms. The molecular formula is C15H16N2O3. The first-order valence-corrected chi connectivity index (χ1v) is 6.21. The Kier molecular flexibility index (Phi) is 4.30. The summed E-state index contributed by atoms with van der Waals surface area (Å²) < 4.78 is 9.82. The highest BCUT2D eigenvalue weighted by Gasteiger charge is 2.08. The van der Waals surface area contributed by atoms with E-state index < -0.39 is 5.97 Å². The lowest BCUT2D eigenvalue weighted by atomic mass is 10.1. The van der Waals surface area contributed by atoms with Crippen molar-refractivity contribution in [2.45, 2.75) is 13.8 Å². The van der Waals surface area contributed by atoms with Crippen molar-refractivity contribution < 1.29 is 14.3 Å². The van der Waals surface area contributed by atoms with Gasteiger partial charge in [0.2, 0.25) is 5.88 Å². The predicted octanol–water partition coefficient (Wildman–Crippen LogP) is 2.31. The third-order valence-corrected chi connectivity index (χ3v) is 2.71. The molecule has 5 heteroatoms. The van der Waals surface area contributed by atoms with Gasteiger partial charge in [-0.3, -0.25) is 0 Å². The zero-order chi connectivity index (χ0) is 14.5. The summed E-state index contributed by atoms with van der Waals surface area (Å²) in [6.07, 6.45) is 0. The lowest BCUT2D eigenvalue weighted by Crippen LogP contribution is -2.13. The van der Waals surface area contributed by atoms with Crippen LogP contribution in [-0.2, 0) is 9.53 Å². The van der Waals surface area contributed by atoms with Gasteiger partial charge in [0.05, 0.1) is 7.11 Å². The van der Waals surface area contributed by atoms with Crippen LogP contribution in [0.1, 0.15) is 11.3 Å². The Morgan fingerprint density at radius 2 is 1.85 bits per heavy atom. The summed E-state index contributed by atoms with van der Waals surface area (Å²) in [7, 11) is 1.31. The number of ether oxygens (including phenoxy) is 2. The van der Waals surface area contributed by atoms with Crippen LogP contribution in [-0.4, -0.2) is 29.7 Å². The van der Waals surface area contributed by atoms with Gasteiger partial charge in [0, 0.05) is 17.3 Å². The van der Waals surface area contributed by atoms with E-state index in [4.69, 9.17) is 4.74 Å². The van der Waals surface area contributed by atoms with E-state index in [-0.39, 0.29) is 6.61 Å². The van der Waals surface area contributed by atoms with Gasteiger partial charge in [-0.1, -0.05) is 29.8 Å². The van der Waals surface area contributed by atoms with Gasteiger partial charge in [0.1, 0.15) is 0 Å². The van der Waals surface area contributed by atoms with E-state index in [1.807, 2.05) is 38.1 Å². The number of esters is 1. The van der Waals surface area contributed by atoms with Gasteiger partial charge in [-0.05, 0) is 13.8 Å². The monoisotopic (exact) mass is 272 g/mol. The first-order valence-electron chi connectivity index (χ1n) is 6.21. The minimum absolute atomic E-state index is 0.166. The number of carbonyl (C=O) groups is 1. The fraction of sp³-hybridized carbons (Fsp3) is 0.267. The second kappa shape index (κ2) is 6.14. The van der Waals surface area contributed by atoms with Crippen molar-refractivity contribution in [3.8, 4) is 17.3 Å². The number of hydrogen-bond donors (Lipinski definition) is 0. The fourth-order valence-electron chi connectivity index (χ4n) is 1.64. The Labute approximate surface area is 117 Å². The van der Waals surface area contributed by atoms with Crippen LogP contribution in [0.15, 0.2) is 30.3 Å². The molecule has 104 valence electrons. The average Bonchev–Trinajstić information content (AvgIpc) is 2.45. The summed E-state index contributed by atoms with van der Waals surface area (Å²) in [6, 6.07) is 9.58. The molecule has 5 nitrogen and oxygen atoms in total. The molecular weight excluding hydrogens is 256 g/mol. The molecule has 0 aliphatic rings. The summed E-state index contributed by atoms with van der Waals surface area (Å²) in [5, 5.41) is 0. The van der Waals surface area contributed by atoms with Crippen LogP contribution >= 0.6 is 0 Å². The molecule has 1 aromatic carbocycles. The maximum atomic E-state index is 11.1. The van der Waals surface area contributed by atoms with Crippen molar-refractivity contribution in [3.63, 3.8) is 0 Å². The predicted molar refractivity (Wildman–Crippen MR) is 74.5 cm³/mol. The van der Waals surface area contributed by atoms with Crippen LogP contribution in [0.5, 0.6) is 5.88 Å². The number of benzene rings is 1. The normalized spacial score (nSPS) is 10.2. The van der Waals surface area contributed by atoms with Crippen LogP contribution in [0.3, 0.4) is 0 Å². The lowest BCUT2D eigenvalue weighted by molar-refractivity contribution is -0.143. The Balaban J connectivity index is 2.24. The molecule has 0 aliphatic carbocycles. The minimum atomic E-state index is -0.446. The summed E-state index contributed by atoms with van der Waals surface area (Å²) in [4.78, 5) is 19.7.